The number of phenolic OH excluding ortho intramolecular Hbond substituents is 1. The summed E-state index contributed by atoms with van der Waals surface area (Å²) in [6.45, 7) is 0.308. The average molecular weight is 267 g/mol. The summed E-state index contributed by atoms with van der Waals surface area (Å²) in [7, 11) is -2.99. The van der Waals surface area contributed by atoms with Crippen LogP contribution in [0.5, 0.6) is 5.75 Å². The van der Waals surface area contributed by atoms with Crippen LogP contribution >= 0.6 is 0 Å². The van der Waals surface area contributed by atoms with Gasteiger partial charge in [-0.15, -0.1) is 5.10 Å². The average Bonchev–Trinajstić information content (AvgIpc) is 2.84. The van der Waals surface area contributed by atoms with Gasteiger partial charge in [-0.2, -0.15) is 0 Å². The van der Waals surface area contributed by atoms with E-state index in [1.807, 2.05) is 0 Å². The van der Waals surface area contributed by atoms with Gasteiger partial charge in [0.05, 0.1) is 23.1 Å². The predicted octanol–water partition coefficient (Wildman–Crippen LogP) is 0.714. The van der Waals surface area contributed by atoms with E-state index in [0.29, 0.717) is 30.4 Å². The van der Waals surface area contributed by atoms with Crippen molar-refractivity contribution in [1.29, 1.82) is 0 Å². The lowest BCUT2D eigenvalue weighted by atomic mass is 10.2. The Bertz CT molecular complexity index is 693. The molecular formula is C11H13N3O3S. The summed E-state index contributed by atoms with van der Waals surface area (Å²) in [5.41, 5.74) is 1.32. The molecule has 1 atom stereocenters. The van der Waals surface area contributed by atoms with Crippen LogP contribution in [0.2, 0.25) is 0 Å². The largest absolute Gasteiger partial charge is 0.508 e. The molecule has 1 aromatic heterocycles. The number of aromatic nitrogens is 3. The molecule has 0 aliphatic carbocycles. The van der Waals surface area contributed by atoms with Crippen LogP contribution in [0.25, 0.3) is 11.0 Å². The van der Waals surface area contributed by atoms with Gasteiger partial charge in [0.25, 0.3) is 0 Å². The van der Waals surface area contributed by atoms with Crippen molar-refractivity contribution in [1.82, 2.24) is 15.0 Å². The van der Waals surface area contributed by atoms with Gasteiger partial charge in [0.1, 0.15) is 11.3 Å². The first-order valence-corrected chi connectivity index (χ1v) is 7.51. The van der Waals surface area contributed by atoms with E-state index in [1.165, 1.54) is 6.07 Å². The zero-order valence-corrected chi connectivity index (χ0v) is 10.5. The van der Waals surface area contributed by atoms with Crippen LogP contribution in [0.3, 0.4) is 0 Å². The quantitative estimate of drug-likeness (QED) is 0.866. The molecule has 1 fully saturated rings. The molecule has 18 heavy (non-hydrogen) atoms. The smallest absolute Gasteiger partial charge is 0.154 e. The van der Waals surface area contributed by atoms with Crippen molar-refractivity contribution in [2.75, 3.05) is 5.75 Å². The number of nitrogens with zero attached hydrogens (tertiary/aromatic N) is 3. The molecule has 0 spiro atoms. The molecule has 0 radical (unpaired) electrons. The van der Waals surface area contributed by atoms with Crippen LogP contribution < -0.4 is 0 Å². The van der Waals surface area contributed by atoms with Crippen LogP contribution in [0.1, 0.15) is 12.8 Å². The first kappa shape index (κ1) is 11.5. The first-order chi connectivity index (χ1) is 8.56. The number of hydrogen-bond donors (Lipinski definition) is 1. The third-order valence-corrected chi connectivity index (χ3v) is 5.60. The Morgan fingerprint density at radius 1 is 1.44 bits per heavy atom. The van der Waals surface area contributed by atoms with E-state index in [9.17, 15) is 13.5 Å². The molecule has 1 aromatic carbocycles. The summed E-state index contributed by atoms with van der Waals surface area (Å²) in [4.78, 5) is 0. The highest BCUT2D eigenvalue weighted by molar-refractivity contribution is 7.92. The number of rotatable bonds is 2. The SMILES string of the molecule is O=S1(=O)CCCC1Cn1nnc2ccc(O)cc21. The molecule has 1 aliphatic rings. The highest BCUT2D eigenvalue weighted by Crippen LogP contribution is 2.24. The fourth-order valence-electron chi connectivity index (χ4n) is 2.34. The summed E-state index contributed by atoms with van der Waals surface area (Å²) >= 11 is 0. The van der Waals surface area contributed by atoms with Gasteiger partial charge < -0.3 is 5.11 Å². The molecule has 2 heterocycles. The Morgan fingerprint density at radius 2 is 2.28 bits per heavy atom. The molecule has 1 N–H and O–H groups in total. The molecule has 0 bridgehead atoms. The monoisotopic (exact) mass is 267 g/mol. The minimum Gasteiger partial charge on any atom is -0.508 e. The van der Waals surface area contributed by atoms with Crippen molar-refractivity contribution >= 4 is 20.9 Å². The van der Waals surface area contributed by atoms with Gasteiger partial charge >= 0.3 is 0 Å². The van der Waals surface area contributed by atoms with Crippen molar-refractivity contribution in [3.05, 3.63) is 18.2 Å². The van der Waals surface area contributed by atoms with E-state index < -0.39 is 9.84 Å². The van der Waals surface area contributed by atoms with Gasteiger partial charge in [0.2, 0.25) is 0 Å². The summed E-state index contributed by atoms with van der Waals surface area (Å²) in [6, 6.07) is 4.75. The van der Waals surface area contributed by atoms with E-state index >= 15 is 0 Å². The fraction of sp³-hybridized carbons (Fsp3) is 0.455. The minimum absolute atomic E-state index is 0.125. The Hall–Kier alpha value is -1.63. The maximum absolute atomic E-state index is 11.8. The van der Waals surface area contributed by atoms with Gasteiger partial charge in [0.15, 0.2) is 9.84 Å². The van der Waals surface area contributed by atoms with Gasteiger partial charge in [0, 0.05) is 6.07 Å². The predicted molar refractivity (Wildman–Crippen MR) is 66.0 cm³/mol. The van der Waals surface area contributed by atoms with E-state index in [4.69, 9.17) is 0 Å². The van der Waals surface area contributed by atoms with Crippen molar-refractivity contribution in [3.63, 3.8) is 0 Å². The van der Waals surface area contributed by atoms with E-state index in [-0.39, 0.29) is 16.8 Å². The summed E-state index contributed by atoms with van der Waals surface area (Å²) < 4.78 is 25.1. The number of fused-ring (bicyclic) bond motifs is 1. The molecule has 0 amide bonds. The van der Waals surface area contributed by atoms with E-state index in [0.717, 1.165) is 0 Å². The second-order valence-electron chi connectivity index (χ2n) is 4.58. The number of benzene rings is 1. The number of aromatic hydroxyl groups is 1. The lowest BCUT2D eigenvalue weighted by Crippen LogP contribution is -2.22. The fourth-order valence-corrected chi connectivity index (χ4v) is 4.14. The second kappa shape index (κ2) is 3.94. The molecule has 2 aromatic rings. The Morgan fingerprint density at radius 3 is 3.00 bits per heavy atom. The number of sulfone groups is 1. The Labute approximate surface area is 104 Å². The van der Waals surface area contributed by atoms with Gasteiger partial charge in [-0.1, -0.05) is 5.21 Å². The van der Waals surface area contributed by atoms with Gasteiger partial charge in [-0.25, -0.2) is 13.1 Å². The van der Waals surface area contributed by atoms with Gasteiger partial charge in [-0.05, 0) is 25.0 Å². The lowest BCUT2D eigenvalue weighted by molar-refractivity contribution is 0.475. The van der Waals surface area contributed by atoms with Crippen molar-refractivity contribution in [3.8, 4) is 5.75 Å². The third kappa shape index (κ3) is 1.84. The van der Waals surface area contributed by atoms with Crippen LogP contribution in [0, 0.1) is 0 Å². The lowest BCUT2D eigenvalue weighted by Gasteiger charge is -2.09. The number of hydrogen-bond acceptors (Lipinski definition) is 5. The number of phenols is 1. The van der Waals surface area contributed by atoms with E-state index in [1.54, 1.807) is 16.8 Å². The Balaban J connectivity index is 1.98. The third-order valence-electron chi connectivity index (χ3n) is 3.34. The van der Waals surface area contributed by atoms with E-state index in [2.05, 4.69) is 10.3 Å². The molecule has 1 aliphatic heterocycles. The normalized spacial score (nSPS) is 22.6. The van der Waals surface area contributed by atoms with Crippen LogP contribution in [-0.4, -0.2) is 39.5 Å². The first-order valence-electron chi connectivity index (χ1n) is 5.80. The highest BCUT2D eigenvalue weighted by atomic mass is 32.2. The highest BCUT2D eigenvalue weighted by Gasteiger charge is 2.32. The Kier molecular flexibility index (Phi) is 2.51. The molecule has 7 heteroatoms. The molecule has 1 unspecified atom stereocenters. The summed E-state index contributed by atoms with van der Waals surface area (Å²) in [5.74, 6) is 0.385. The maximum atomic E-state index is 11.8. The second-order valence-corrected chi connectivity index (χ2v) is 6.98. The standard InChI is InChI=1S/C11H13N3O3S/c15-8-3-4-10-11(6-8)14(13-12-10)7-9-2-1-5-18(9,16)17/h3-4,6,9,15H,1-2,5,7H2. The zero-order valence-electron chi connectivity index (χ0n) is 9.65. The summed E-state index contributed by atoms with van der Waals surface area (Å²) in [6.07, 6.45) is 1.38. The maximum Gasteiger partial charge on any atom is 0.154 e. The van der Waals surface area contributed by atoms with Crippen LogP contribution in [-0.2, 0) is 16.4 Å². The topological polar surface area (TPSA) is 85.1 Å². The molecule has 6 nitrogen and oxygen atoms in total. The van der Waals surface area contributed by atoms with Crippen molar-refractivity contribution in [2.24, 2.45) is 0 Å². The van der Waals surface area contributed by atoms with Gasteiger partial charge in [-0.3, -0.25) is 0 Å². The molecular weight excluding hydrogens is 254 g/mol. The van der Waals surface area contributed by atoms with Crippen LogP contribution in [0.15, 0.2) is 18.2 Å². The molecule has 1 saturated heterocycles. The molecule has 96 valence electrons. The van der Waals surface area contributed by atoms with Crippen molar-refractivity contribution in [2.45, 2.75) is 24.6 Å². The zero-order chi connectivity index (χ0) is 12.8. The molecule has 3 rings (SSSR count). The summed E-state index contributed by atoms with van der Waals surface area (Å²) in [5, 5.41) is 17.0. The minimum atomic E-state index is -2.99. The molecule has 0 saturated carbocycles. The van der Waals surface area contributed by atoms with Crippen LogP contribution in [0.4, 0.5) is 0 Å². The van der Waals surface area contributed by atoms with Crippen molar-refractivity contribution < 1.29 is 13.5 Å².